The van der Waals surface area contributed by atoms with Crippen LogP contribution >= 0.6 is 0 Å². The summed E-state index contributed by atoms with van der Waals surface area (Å²) in [6, 6.07) is 9.88. The van der Waals surface area contributed by atoms with Crippen LogP contribution < -0.4 is 4.74 Å². The van der Waals surface area contributed by atoms with Crippen LogP contribution in [0.3, 0.4) is 0 Å². The van der Waals surface area contributed by atoms with Crippen molar-refractivity contribution in [2.24, 2.45) is 7.05 Å². The van der Waals surface area contributed by atoms with Gasteiger partial charge in [0.2, 0.25) is 0 Å². The minimum atomic E-state index is 0.447. The number of hydrogen-bond acceptors (Lipinski definition) is 4. The lowest BCUT2D eigenvalue weighted by Crippen LogP contribution is -2.28. The Balaban J connectivity index is 1.55. The molecule has 3 rings (SSSR count). The third-order valence-corrected chi connectivity index (χ3v) is 4.08. The van der Waals surface area contributed by atoms with E-state index in [1.165, 1.54) is 18.4 Å². The highest BCUT2D eigenvalue weighted by Gasteiger charge is 2.26. The molecule has 1 aliphatic rings. The van der Waals surface area contributed by atoms with Gasteiger partial charge in [0.05, 0.1) is 17.8 Å². The van der Waals surface area contributed by atoms with Crippen molar-refractivity contribution in [3.05, 3.63) is 47.8 Å². The molecule has 1 fully saturated rings. The smallest absolute Gasteiger partial charge is 0.120 e. The fourth-order valence-corrected chi connectivity index (χ4v) is 3.02. The van der Waals surface area contributed by atoms with Crippen LogP contribution in [0.25, 0.3) is 0 Å². The second-order valence-corrected chi connectivity index (χ2v) is 5.63. The number of nitrogens with zero attached hydrogens (tertiary/aromatic N) is 4. The Bertz CT molecular complexity index is 673. The van der Waals surface area contributed by atoms with E-state index in [1.807, 2.05) is 30.1 Å². The molecule has 1 aromatic carbocycles. The van der Waals surface area contributed by atoms with Crippen molar-refractivity contribution in [3.63, 3.8) is 0 Å². The summed E-state index contributed by atoms with van der Waals surface area (Å²) in [6.07, 6.45) is 6.44. The summed E-state index contributed by atoms with van der Waals surface area (Å²) in [6.45, 7) is 2.61. The Labute approximate surface area is 130 Å². The Morgan fingerprint density at radius 1 is 1.45 bits per heavy atom. The molecular formula is C17H20N4O. The highest BCUT2D eigenvalue weighted by molar-refractivity contribution is 5.36. The molecule has 0 amide bonds. The molecule has 114 valence electrons. The Kier molecular flexibility index (Phi) is 4.40. The quantitative estimate of drug-likeness (QED) is 0.850. The summed E-state index contributed by atoms with van der Waals surface area (Å²) in [7, 11) is 1.95. The number of aromatic nitrogens is 2. The van der Waals surface area contributed by atoms with Gasteiger partial charge in [0, 0.05) is 31.4 Å². The third-order valence-electron chi connectivity index (χ3n) is 4.08. The minimum absolute atomic E-state index is 0.447. The molecule has 0 aliphatic carbocycles. The van der Waals surface area contributed by atoms with Gasteiger partial charge in [0.1, 0.15) is 12.4 Å². The van der Waals surface area contributed by atoms with Crippen molar-refractivity contribution in [2.45, 2.75) is 18.9 Å². The van der Waals surface area contributed by atoms with Crippen LogP contribution in [0.1, 0.15) is 30.0 Å². The van der Waals surface area contributed by atoms with E-state index in [0.717, 1.165) is 18.8 Å². The van der Waals surface area contributed by atoms with Crippen molar-refractivity contribution >= 4 is 0 Å². The maximum Gasteiger partial charge on any atom is 0.120 e. The first-order valence-electron chi connectivity index (χ1n) is 7.62. The Morgan fingerprint density at radius 2 is 2.36 bits per heavy atom. The van der Waals surface area contributed by atoms with E-state index in [9.17, 15) is 0 Å². The summed E-state index contributed by atoms with van der Waals surface area (Å²) in [5.74, 6) is 0.760. The molecule has 0 bridgehead atoms. The van der Waals surface area contributed by atoms with Crippen molar-refractivity contribution in [2.75, 3.05) is 19.7 Å². The normalized spacial score (nSPS) is 18.3. The van der Waals surface area contributed by atoms with Crippen molar-refractivity contribution in [1.82, 2.24) is 14.7 Å². The molecule has 22 heavy (non-hydrogen) atoms. The highest BCUT2D eigenvalue weighted by Crippen LogP contribution is 2.31. The summed E-state index contributed by atoms with van der Waals surface area (Å²) in [4.78, 5) is 2.45. The van der Waals surface area contributed by atoms with E-state index < -0.39 is 0 Å². The van der Waals surface area contributed by atoms with Crippen molar-refractivity contribution in [1.29, 1.82) is 5.26 Å². The zero-order valence-electron chi connectivity index (χ0n) is 12.8. The first-order valence-corrected chi connectivity index (χ1v) is 7.62. The number of aryl methyl sites for hydroxylation is 1. The van der Waals surface area contributed by atoms with Crippen molar-refractivity contribution in [3.8, 4) is 11.8 Å². The van der Waals surface area contributed by atoms with Gasteiger partial charge in [-0.05, 0) is 37.6 Å². The van der Waals surface area contributed by atoms with Gasteiger partial charge in [0.25, 0.3) is 0 Å². The first kappa shape index (κ1) is 14.6. The SMILES string of the molecule is Cn1cc([C@@H]2CCCN2CCOc2cccc(C#N)c2)cn1. The maximum absolute atomic E-state index is 8.90. The van der Waals surface area contributed by atoms with Gasteiger partial charge in [-0.25, -0.2) is 0 Å². The third kappa shape index (κ3) is 3.29. The van der Waals surface area contributed by atoms with Crippen LogP contribution in [0.15, 0.2) is 36.7 Å². The van der Waals surface area contributed by atoms with Crippen LogP contribution in [0.4, 0.5) is 0 Å². The number of hydrogen-bond donors (Lipinski definition) is 0. The average molecular weight is 296 g/mol. The number of rotatable bonds is 5. The number of nitriles is 1. The Hall–Kier alpha value is -2.32. The van der Waals surface area contributed by atoms with Gasteiger partial charge >= 0.3 is 0 Å². The highest BCUT2D eigenvalue weighted by atomic mass is 16.5. The van der Waals surface area contributed by atoms with Crippen LogP contribution in [0.2, 0.25) is 0 Å². The zero-order valence-corrected chi connectivity index (χ0v) is 12.8. The average Bonchev–Trinajstić information content (AvgIpc) is 3.16. The molecule has 1 saturated heterocycles. The van der Waals surface area contributed by atoms with E-state index in [-0.39, 0.29) is 0 Å². The summed E-state index contributed by atoms with van der Waals surface area (Å²) < 4.78 is 7.64. The fourth-order valence-electron chi connectivity index (χ4n) is 3.02. The molecule has 5 heteroatoms. The second kappa shape index (κ2) is 6.63. The molecule has 0 spiro atoms. The molecule has 0 radical (unpaired) electrons. The maximum atomic E-state index is 8.90. The van der Waals surface area contributed by atoms with Gasteiger partial charge in [-0.1, -0.05) is 6.07 Å². The van der Waals surface area contributed by atoms with Gasteiger partial charge in [0.15, 0.2) is 0 Å². The second-order valence-electron chi connectivity index (χ2n) is 5.63. The molecule has 0 unspecified atom stereocenters. The largest absolute Gasteiger partial charge is 0.492 e. The first-order chi connectivity index (χ1) is 10.8. The summed E-state index contributed by atoms with van der Waals surface area (Å²) in [5.41, 5.74) is 1.92. The number of benzene rings is 1. The molecule has 0 saturated carbocycles. The van der Waals surface area contributed by atoms with Crippen LogP contribution in [0, 0.1) is 11.3 Å². The Morgan fingerprint density at radius 3 is 3.14 bits per heavy atom. The molecule has 0 N–H and O–H groups in total. The molecule has 5 nitrogen and oxygen atoms in total. The number of ether oxygens (including phenoxy) is 1. The molecule has 2 aromatic rings. The van der Waals surface area contributed by atoms with E-state index in [4.69, 9.17) is 10.00 Å². The zero-order chi connectivity index (χ0) is 15.4. The monoisotopic (exact) mass is 296 g/mol. The van der Waals surface area contributed by atoms with E-state index in [1.54, 1.807) is 12.1 Å². The lowest BCUT2D eigenvalue weighted by Gasteiger charge is -2.23. The molecule has 1 aromatic heterocycles. The predicted octanol–water partition coefficient (Wildman–Crippen LogP) is 2.51. The standard InChI is InChI=1S/C17H20N4O/c1-20-13-15(12-19-20)17-6-3-7-21(17)8-9-22-16-5-2-4-14(10-16)11-18/h2,4-5,10,12-13,17H,3,6-9H2,1H3/t17-/m0/s1. The molecular weight excluding hydrogens is 276 g/mol. The van der Waals surface area contributed by atoms with Gasteiger partial charge in [-0.15, -0.1) is 0 Å². The lowest BCUT2D eigenvalue weighted by atomic mass is 10.1. The lowest BCUT2D eigenvalue weighted by molar-refractivity contribution is 0.197. The molecule has 1 atom stereocenters. The molecule has 1 aliphatic heterocycles. The van der Waals surface area contributed by atoms with Gasteiger partial charge < -0.3 is 4.74 Å². The van der Waals surface area contributed by atoms with Gasteiger partial charge in [-0.2, -0.15) is 10.4 Å². The van der Waals surface area contributed by atoms with Crippen LogP contribution in [-0.2, 0) is 7.05 Å². The predicted molar refractivity (Wildman–Crippen MR) is 83.4 cm³/mol. The van der Waals surface area contributed by atoms with E-state index >= 15 is 0 Å². The molecule has 2 heterocycles. The minimum Gasteiger partial charge on any atom is -0.492 e. The fraction of sp³-hybridized carbons (Fsp3) is 0.412. The van der Waals surface area contributed by atoms with Gasteiger partial charge in [-0.3, -0.25) is 9.58 Å². The van der Waals surface area contributed by atoms with E-state index in [2.05, 4.69) is 22.3 Å². The van der Waals surface area contributed by atoms with E-state index in [0.29, 0.717) is 18.2 Å². The topological polar surface area (TPSA) is 54.1 Å². The van der Waals surface area contributed by atoms with Crippen LogP contribution in [-0.4, -0.2) is 34.4 Å². The van der Waals surface area contributed by atoms with Crippen LogP contribution in [0.5, 0.6) is 5.75 Å². The number of likely N-dealkylation sites (tertiary alicyclic amines) is 1. The summed E-state index contributed by atoms with van der Waals surface area (Å²) in [5, 5.41) is 13.2. The summed E-state index contributed by atoms with van der Waals surface area (Å²) >= 11 is 0. The van der Waals surface area contributed by atoms with Crippen molar-refractivity contribution < 1.29 is 4.74 Å².